The average Bonchev–Trinajstić information content (AvgIpc) is 2.33. The number of ether oxygens (including phenoxy) is 2. The first kappa shape index (κ1) is 13.8. The van der Waals surface area contributed by atoms with Gasteiger partial charge in [0.15, 0.2) is 0 Å². The largest absolute Gasteiger partial charge is 0.496 e. The quantitative estimate of drug-likeness (QED) is 0.629. The third-order valence-corrected chi connectivity index (χ3v) is 2.18. The highest BCUT2D eigenvalue weighted by atomic mass is 16.5. The van der Waals surface area contributed by atoms with Crippen LogP contribution in [0.15, 0.2) is 24.3 Å². The molecule has 1 aromatic rings. The van der Waals surface area contributed by atoms with Crippen LogP contribution < -0.4 is 10.5 Å². The van der Waals surface area contributed by atoms with E-state index in [4.69, 9.17) is 15.2 Å². The van der Waals surface area contributed by atoms with E-state index in [1.807, 2.05) is 0 Å². The maximum atomic E-state index is 10.8. The zero-order chi connectivity index (χ0) is 13.5. The Balaban J connectivity index is 2.93. The van der Waals surface area contributed by atoms with Crippen LogP contribution in [0.5, 0.6) is 5.75 Å². The summed E-state index contributed by atoms with van der Waals surface area (Å²) in [4.78, 5) is 21.4. The van der Waals surface area contributed by atoms with E-state index in [9.17, 15) is 9.59 Å². The van der Waals surface area contributed by atoms with Gasteiger partial charge in [0.1, 0.15) is 12.4 Å². The van der Waals surface area contributed by atoms with E-state index in [0.29, 0.717) is 5.75 Å². The van der Waals surface area contributed by atoms with Crippen LogP contribution in [0.2, 0.25) is 0 Å². The lowest BCUT2D eigenvalue weighted by atomic mass is 10.1. The lowest BCUT2D eigenvalue weighted by molar-refractivity contribution is -0.142. The molecule has 0 atom stereocenters. The first-order valence-corrected chi connectivity index (χ1v) is 5.30. The number of amides is 1. The van der Waals surface area contributed by atoms with E-state index < -0.39 is 5.91 Å². The van der Waals surface area contributed by atoms with Crippen LogP contribution in [0.3, 0.4) is 0 Å². The Bertz CT molecular complexity index is 480. The van der Waals surface area contributed by atoms with E-state index in [1.54, 1.807) is 24.3 Å². The Morgan fingerprint density at radius 3 is 2.67 bits per heavy atom. The fraction of sp³-hybridized carbons (Fsp3) is 0.231. The third-order valence-electron chi connectivity index (χ3n) is 2.18. The van der Waals surface area contributed by atoms with Crippen molar-refractivity contribution < 1.29 is 19.1 Å². The fourth-order valence-corrected chi connectivity index (χ4v) is 1.37. The summed E-state index contributed by atoms with van der Waals surface area (Å²) >= 11 is 0. The number of hydrogen-bond acceptors (Lipinski definition) is 4. The minimum absolute atomic E-state index is 0.122. The van der Waals surface area contributed by atoms with Gasteiger partial charge in [0.25, 0.3) is 0 Å². The highest BCUT2D eigenvalue weighted by molar-refractivity contribution is 5.90. The summed E-state index contributed by atoms with van der Waals surface area (Å²) in [6.45, 7) is 1.46. The summed E-state index contributed by atoms with van der Waals surface area (Å²) in [5, 5.41) is 0. The number of carbonyl (C=O) groups is 2. The molecule has 0 spiro atoms. The molecule has 2 N–H and O–H groups in total. The molecule has 0 bridgehead atoms. The first-order valence-electron chi connectivity index (χ1n) is 5.30. The predicted octanol–water partition coefficient (Wildman–Crippen LogP) is 1.26. The second-order valence-electron chi connectivity index (χ2n) is 3.59. The van der Waals surface area contributed by atoms with Gasteiger partial charge in [0.05, 0.1) is 7.11 Å². The molecule has 0 fully saturated rings. The van der Waals surface area contributed by atoms with Gasteiger partial charge in [-0.25, -0.2) is 0 Å². The maximum Gasteiger partial charge on any atom is 0.302 e. The summed E-state index contributed by atoms with van der Waals surface area (Å²) in [6.07, 6.45) is 2.84. The van der Waals surface area contributed by atoms with Gasteiger partial charge in [-0.15, -0.1) is 0 Å². The number of methoxy groups -OCH3 is 1. The molecule has 0 aliphatic heterocycles. The third kappa shape index (κ3) is 4.29. The standard InChI is InChI=1S/C13H15NO4/c1-9(15)18-8-11-7-10(4-6-13(14)16)3-5-12(11)17-2/h3-7H,8H2,1-2H3,(H2,14,16)/b6-4-. The smallest absolute Gasteiger partial charge is 0.302 e. The summed E-state index contributed by atoms with van der Waals surface area (Å²) in [5.41, 5.74) is 6.51. The molecule has 0 saturated heterocycles. The van der Waals surface area contributed by atoms with Gasteiger partial charge < -0.3 is 15.2 Å². The molecular formula is C13H15NO4. The van der Waals surface area contributed by atoms with Gasteiger partial charge >= 0.3 is 5.97 Å². The van der Waals surface area contributed by atoms with Gasteiger partial charge in [0, 0.05) is 18.6 Å². The van der Waals surface area contributed by atoms with Gasteiger partial charge in [-0.2, -0.15) is 0 Å². The summed E-state index contributed by atoms with van der Waals surface area (Å²) in [5.74, 6) is -0.269. The number of rotatable bonds is 5. The minimum atomic E-state index is -0.521. The zero-order valence-electron chi connectivity index (χ0n) is 10.3. The topological polar surface area (TPSA) is 78.6 Å². The molecule has 5 heteroatoms. The number of nitrogens with two attached hydrogens (primary N) is 1. The SMILES string of the molecule is COc1ccc(/C=C\C(N)=O)cc1COC(C)=O. The minimum Gasteiger partial charge on any atom is -0.496 e. The van der Waals surface area contributed by atoms with Crippen molar-refractivity contribution in [3.8, 4) is 5.75 Å². The molecular weight excluding hydrogens is 234 g/mol. The Kier molecular flexibility index (Phi) is 4.92. The number of esters is 1. The van der Waals surface area contributed by atoms with Crippen LogP contribution in [0.25, 0.3) is 6.08 Å². The Morgan fingerprint density at radius 2 is 2.11 bits per heavy atom. The second-order valence-corrected chi connectivity index (χ2v) is 3.59. The Labute approximate surface area is 105 Å². The predicted molar refractivity (Wildman–Crippen MR) is 66.7 cm³/mol. The van der Waals surface area contributed by atoms with Crippen LogP contribution in [0.4, 0.5) is 0 Å². The number of benzene rings is 1. The van der Waals surface area contributed by atoms with Crippen molar-refractivity contribution in [2.45, 2.75) is 13.5 Å². The van der Waals surface area contributed by atoms with Crippen molar-refractivity contribution in [3.05, 3.63) is 35.4 Å². The molecule has 1 aromatic carbocycles. The fourth-order valence-electron chi connectivity index (χ4n) is 1.37. The highest BCUT2D eigenvalue weighted by Crippen LogP contribution is 2.21. The van der Waals surface area contributed by atoms with Crippen molar-refractivity contribution in [1.82, 2.24) is 0 Å². The van der Waals surface area contributed by atoms with Crippen molar-refractivity contribution in [2.75, 3.05) is 7.11 Å². The van der Waals surface area contributed by atoms with Crippen LogP contribution >= 0.6 is 0 Å². The van der Waals surface area contributed by atoms with Gasteiger partial charge in [0.2, 0.25) is 5.91 Å². The zero-order valence-corrected chi connectivity index (χ0v) is 10.3. The van der Waals surface area contributed by atoms with Crippen molar-refractivity contribution in [1.29, 1.82) is 0 Å². The molecule has 0 aliphatic rings. The number of primary amides is 1. The van der Waals surface area contributed by atoms with Crippen molar-refractivity contribution in [3.63, 3.8) is 0 Å². The number of carbonyl (C=O) groups excluding carboxylic acids is 2. The summed E-state index contributed by atoms with van der Waals surface area (Å²) < 4.78 is 10.1. The van der Waals surface area contributed by atoms with E-state index in [-0.39, 0.29) is 12.6 Å². The van der Waals surface area contributed by atoms with E-state index >= 15 is 0 Å². The molecule has 0 saturated carbocycles. The molecule has 0 aromatic heterocycles. The Morgan fingerprint density at radius 1 is 1.39 bits per heavy atom. The normalized spacial score (nSPS) is 10.3. The lowest BCUT2D eigenvalue weighted by Crippen LogP contribution is -2.05. The molecule has 1 rings (SSSR count). The van der Waals surface area contributed by atoms with E-state index in [0.717, 1.165) is 11.1 Å². The van der Waals surface area contributed by atoms with Gasteiger partial charge in [-0.1, -0.05) is 6.07 Å². The molecule has 1 amide bonds. The van der Waals surface area contributed by atoms with Crippen LogP contribution in [0.1, 0.15) is 18.1 Å². The molecule has 0 aliphatic carbocycles. The molecule has 5 nitrogen and oxygen atoms in total. The maximum absolute atomic E-state index is 10.8. The molecule has 18 heavy (non-hydrogen) atoms. The van der Waals surface area contributed by atoms with E-state index in [2.05, 4.69) is 0 Å². The second kappa shape index (κ2) is 6.44. The molecule has 96 valence electrons. The van der Waals surface area contributed by atoms with Crippen LogP contribution in [-0.2, 0) is 20.9 Å². The average molecular weight is 249 g/mol. The summed E-state index contributed by atoms with van der Waals surface area (Å²) in [7, 11) is 1.53. The van der Waals surface area contributed by atoms with E-state index in [1.165, 1.54) is 20.1 Å². The highest BCUT2D eigenvalue weighted by Gasteiger charge is 2.05. The van der Waals surface area contributed by atoms with Crippen LogP contribution in [-0.4, -0.2) is 19.0 Å². The molecule has 0 radical (unpaired) electrons. The lowest BCUT2D eigenvalue weighted by Gasteiger charge is -2.09. The van der Waals surface area contributed by atoms with Crippen LogP contribution in [0, 0.1) is 0 Å². The first-order chi connectivity index (χ1) is 8.52. The number of hydrogen-bond donors (Lipinski definition) is 1. The molecule has 0 unspecified atom stereocenters. The monoisotopic (exact) mass is 249 g/mol. The van der Waals surface area contributed by atoms with Crippen molar-refractivity contribution in [2.24, 2.45) is 5.73 Å². The van der Waals surface area contributed by atoms with Gasteiger partial charge in [-0.05, 0) is 23.8 Å². The van der Waals surface area contributed by atoms with Crippen molar-refractivity contribution >= 4 is 18.0 Å². The molecule has 0 heterocycles. The summed E-state index contributed by atoms with van der Waals surface area (Å²) in [6, 6.07) is 5.27. The van der Waals surface area contributed by atoms with Gasteiger partial charge in [-0.3, -0.25) is 9.59 Å². The Hall–Kier alpha value is -2.30.